The maximum absolute atomic E-state index is 12.3. The lowest BCUT2D eigenvalue weighted by Gasteiger charge is -2.11. The van der Waals surface area contributed by atoms with Crippen LogP contribution in [0.25, 0.3) is 0 Å². The van der Waals surface area contributed by atoms with Crippen LogP contribution in [0.4, 0.5) is 5.82 Å². The van der Waals surface area contributed by atoms with Crippen LogP contribution in [0.1, 0.15) is 52.1 Å². The lowest BCUT2D eigenvalue weighted by atomic mass is 10.1. The second-order valence-corrected chi connectivity index (χ2v) is 7.12. The fourth-order valence-electron chi connectivity index (χ4n) is 2.69. The van der Waals surface area contributed by atoms with E-state index in [-0.39, 0.29) is 0 Å². The predicted molar refractivity (Wildman–Crippen MR) is 90.3 cm³/mol. The van der Waals surface area contributed by atoms with Crippen molar-refractivity contribution in [1.29, 1.82) is 0 Å². The lowest BCUT2D eigenvalue weighted by Crippen LogP contribution is -2.29. The molecular weight excluding hydrogens is 328 g/mol. The van der Waals surface area contributed by atoms with E-state index in [1.807, 2.05) is 6.07 Å². The van der Waals surface area contributed by atoms with Crippen molar-refractivity contribution < 1.29 is 18.8 Å². The van der Waals surface area contributed by atoms with E-state index in [0.29, 0.717) is 16.5 Å². The Morgan fingerprint density at radius 3 is 2.83 bits per heavy atom. The topological polar surface area (TPSA) is 81.4 Å². The molecule has 1 amide bonds. The molecule has 0 bridgehead atoms. The number of aryl methyl sites for hydroxylation is 3. The van der Waals surface area contributed by atoms with Crippen molar-refractivity contribution in [2.45, 2.75) is 52.1 Å². The van der Waals surface area contributed by atoms with Gasteiger partial charge >= 0.3 is 5.97 Å². The van der Waals surface area contributed by atoms with Gasteiger partial charge in [0, 0.05) is 10.9 Å². The van der Waals surface area contributed by atoms with E-state index in [2.05, 4.69) is 10.5 Å². The molecule has 1 aliphatic rings. The van der Waals surface area contributed by atoms with Gasteiger partial charge in [-0.1, -0.05) is 11.6 Å². The molecule has 0 radical (unpaired) electrons. The fourth-order valence-corrected chi connectivity index (χ4v) is 3.83. The first-order chi connectivity index (χ1) is 11.5. The molecule has 2 aromatic rings. The Morgan fingerprint density at radius 2 is 2.08 bits per heavy atom. The molecule has 7 heteroatoms. The number of thiophene rings is 1. The summed E-state index contributed by atoms with van der Waals surface area (Å²) in [6.07, 6.45) is 4.69. The van der Waals surface area contributed by atoms with E-state index in [0.717, 1.165) is 25.7 Å². The third-order valence-corrected chi connectivity index (χ3v) is 5.20. The van der Waals surface area contributed by atoms with E-state index >= 15 is 0 Å². The Morgan fingerprint density at radius 1 is 1.29 bits per heavy atom. The van der Waals surface area contributed by atoms with Gasteiger partial charge in [-0.2, -0.15) is 0 Å². The van der Waals surface area contributed by atoms with Crippen LogP contribution in [0.15, 0.2) is 16.7 Å². The molecule has 3 rings (SSSR count). The maximum Gasteiger partial charge on any atom is 0.349 e. The van der Waals surface area contributed by atoms with Crippen LogP contribution in [0.2, 0.25) is 0 Å². The fraction of sp³-hybridized carbons (Fsp3) is 0.471. The normalized spacial score (nSPS) is 15.2. The Labute approximate surface area is 144 Å². The summed E-state index contributed by atoms with van der Waals surface area (Å²) in [6.45, 7) is 3.27. The summed E-state index contributed by atoms with van der Waals surface area (Å²) in [5.41, 5.74) is 1.25. The van der Waals surface area contributed by atoms with Gasteiger partial charge in [0.05, 0.1) is 0 Å². The van der Waals surface area contributed by atoms with Crippen molar-refractivity contribution in [1.82, 2.24) is 5.16 Å². The molecule has 0 spiro atoms. The molecule has 0 saturated carbocycles. The number of amides is 1. The molecule has 0 aliphatic heterocycles. The third kappa shape index (κ3) is 3.84. The Hall–Kier alpha value is -2.15. The third-order valence-electron chi connectivity index (χ3n) is 3.98. The number of rotatable bonds is 4. The summed E-state index contributed by atoms with van der Waals surface area (Å²) in [5, 5.41) is 6.24. The molecule has 0 unspecified atom stereocenters. The second kappa shape index (κ2) is 7.17. The van der Waals surface area contributed by atoms with Gasteiger partial charge < -0.3 is 14.6 Å². The Kier molecular flexibility index (Phi) is 4.99. The lowest BCUT2D eigenvalue weighted by molar-refractivity contribution is -0.123. The van der Waals surface area contributed by atoms with Crippen molar-refractivity contribution in [3.63, 3.8) is 0 Å². The number of fused-ring (bicyclic) bond motifs is 1. The predicted octanol–water partition coefficient (Wildman–Crippen LogP) is 3.50. The van der Waals surface area contributed by atoms with Crippen LogP contribution in [0.3, 0.4) is 0 Å². The molecule has 0 fully saturated rings. The van der Waals surface area contributed by atoms with E-state index < -0.39 is 18.0 Å². The minimum Gasteiger partial charge on any atom is -0.448 e. The standard InChI is InChI=1S/C17H20N2O4S/c1-10-8-15(19-23-10)18-16(20)11(2)22-17(21)14-9-12-6-4-3-5-7-13(12)24-14/h8-9,11H,3-7H2,1-2H3,(H,18,19,20)/t11-/m0/s1. The van der Waals surface area contributed by atoms with Gasteiger partial charge in [-0.3, -0.25) is 4.79 Å². The monoisotopic (exact) mass is 348 g/mol. The summed E-state index contributed by atoms with van der Waals surface area (Å²) in [5.74, 6) is 0.0140. The van der Waals surface area contributed by atoms with Gasteiger partial charge in [0.2, 0.25) is 0 Å². The highest BCUT2D eigenvalue weighted by Gasteiger charge is 2.23. The highest BCUT2D eigenvalue weighted by Crippen LogP contribution is 2.29. The van der Waals surface area contributed by atoms with Crippen LogP contribution in [0.5, 0.6) is 0 Å². The van der Waals surface area contributed by atoms with Gasteiger partial charge in [-0.15, -0.1) is 11.3 Å². The summed E-state index contributed by atoms with van der Waals surface area (Å²) >= 11 is 1.48. The van der Waals surface area contributed by atoms with Crippen molar-refractivity contribution in [3.8, 4) is 0 Å². The molecule has 2 heterocycles. The van der Waals surface area contributed by atoms with Gasteiger partial charge in [0.15, 0.2) is 11.9 Å². The second-order valence-electron chi connectivity index (χ2n) is 5.98. The van der Waals surface area contributed by atoms with Crippen molar-refractivity contribution >= 4 is 29.0 Å². The van der Waals surface area contributed by atoms with E-state index in [9.17, 15) is 9.59 Å². The van der Waals surface area contributed by atoms with E-state index in [4.69, 9.17) is 9.26 Å². The Balaban J connectivity index is 1.60. The summed E-state index contributed by atoms with van der Waals surface area (Å²) < 4.78 is 10.2. The molecule has 1 atom stereocenters. The number of carbonyl (C=O) groups is 2. The van der Waals surface area contributed by atoms with Crippen LogP contribution in [-0.2, 0) is 22.4 Å². The molecule has 0 aromatic carbocycles. The molecule has 24 heavy (non-hydrogen) atoms. The van der Waals surface area contributed by atoms with Gasteiger partial charge in [-0.25, -0.2) is 4.79 Å². The number of esters is 1. The zero-order valence-electron chi connectivity index (χ0n) is 13.8. The quantitative estimate of drug-likeness (QED) is 0.675. The number of anilines is 1. The number of hydrogen-bond donors (Lipinski definition) is 1. The summed E-state index contributed by atoms with van der Waals surface area (Å²) in [7, 11) is 0. The SMILES string of the molecule is Cc1cc(NC(=O)[C@H](C)OC(=O)c2cc3c(s2)CCCCC3)no1. The maximum atomic E-state index is 12.3. The number of nitrogens with zero attached hydrogens (tertiary/aromatic N) is 1. The Bertz CT molecular complexity index is 726. The van der Waals surface area contributed by atoms with Crippen molar-refractivity contribution in [3.05, 3.63) is 33.2 Å². The van der Waals surface area contributed by atoms with Gasteiger partial charge in [-0.05, 0) is 51.2 Å². The first kappa shape index (κ1) is 16.7. The summed E-state index contributed by atoms with van der Waals surface area (Å²) in [6, 6.07) is 3.52. The molecule has 128 valence electrons. The molecule has 0 saturated heterocycles. The van der Waals surface area contributed by atoms with Crippen LogP contribution >= 0.6 is 11.3 Å². The first-order valence-corrected chi connectivity index (χ1v) is 8.91. The highest BCUT2D eigenvalue weighted by atomic mass is 32.1. The minimum atomic E-state index is -0.906. The first-order valence-electron chi connectivity index (χ1n) is 8.09. The molecule has 2 aromatic heterocycles. The van der Waals surface area contributed by atoms with E-state index in [1.165, 1.54) is 28.2 Å². The number of aromatic nitrogens is 1. The molecule has 1 aliphatic carbocycles. The van der Waals surface area contributed by atoms with Crippen molar-refractivity contribution in [2.75, 3.05) is 5.32 Å². The van der Waals surface area contributed by atoms with Gasteiger partial charge in [0.1, 0.15) is 10.6 Å². The van der Waals surface area contributed by atoms with Crippen molar-refractivity contribution in [2.24, 2.45) is 0 Å². The number of carbonyl (C=O) groups excluding carboxylic acids is 2. The molecule has 6 nitrogen and oxygen atoms in total. The number of ether oxygens (including phenoxy) is 1. The average Bonchev–Trinajstić information content (AvgIpc) is 3.07. The zero-order valence-corrected chi connectivity index (χ0v) is 14.6. The largest absolute Gasteiger partial charge is 0.448 e. The number of hydrogen-bond acceptors (Lipinski definition) is 6. The molecular formula is C17H20N2O4S. The zero-order chi connectivity index (χ0) is 17.1. The summed E-state index contributed by atoms with van der Waals surface area (Å²) in [4.78, 5) is 26.2. The highest BCUT2D eigenvalue weighted by molar-refractivity contribution is 7.14. The average molecular weight is 348 g/mol. The smallest absolute Gasteiger partial charge is 0.349 e. The number of nitrogens with one attached hydrogen (secondary N) is 1. The minimum absolute atomic E-state index is 0.309. The van der Waals surface area contributed by atoms with E-state index in [1.54, 1.807) is 19.9 Å². The van der Waals surface area contributed by atoms with Crippen LogP contribution in [-0.4, -0.2) is 23.1 Å². The van der Waals surface area contributed by atoms with Crippen LogP contribution in [0, 0.1) is 6.92 Å². The van der Waals surface area contributed by atoms with Gasteiger partial charge in [0.25, 0.3) is 5.91 Å². The van der Waals surface area contributed by atoms with Crippen LogP contribution < -0.4 is 5.32 Å². The molecule has 1 N–H and O–H groups in total.